The summed E-state index contributed by atoms with van der Waals surface area (Å²) in [6, 6.07) is 72.2. The summed E-state index contributed by atoms with van der Waals surface area (Å²) >= 11 is 0. The molecule has 0 aliphatic heterocycles. The molecule has 2 aliphatic carbocycles. The molecule has 0 bridgehead atoms. The van der Waals surface area contributed by atoms with Crippen molar-refractivity contribution in [1.82, 2.24) is 0 Å². The zero-order valence-electron chi connectivity index (χ0n) is 29.5. The van der Waals surface area contributed by atoms with Crippen LogP contribution in [0.25, 0.3) is 121 Å². The molecule has 0 radical (unpaired) electrons. The van der Waals surface area contributed by atoms with Crippen LogP contribution < -0.4 is 0 Å². The molecule has 0 N–H and O–H groups in total. The summed E-state index contributed by atoms with van der Waals surface area (Å²) in [7, 11) is 0. The summed E-state index contributed by atoms with van der Waals surface area (Å²) in [6.07, 6.45) is 0. The third-order valence-electron chi connectivity index (χ3n) is 12.0. The first kappa shape index (κ1) is 29.5. The summed E-state index contributed by atoms with van der Waals surface area (Å²) in [4.78, 5) is 0. The van der Waals surface area contributed by atoms with E-state index < -0.39 is 0 Å². The van der Waals surface area contributed by atoms with E-state index in [0.29, 0.717) is 0 Å². The minimum Gasteiger partial charge on any atom is -0.0622 e. The van der Waals surface area contributed by atoms with Crippen molar-refractivity contribution in [3.8, 4) is 89.0 Å². The molecule has 10 aromatic rings. The smallest absolute Gasteiger partial charge is 0.00201 e. The van der Waals surface area contributed by atoms with Gasteiger partial charge < -0.3 is 0 Å². The van der Waals surface area contributed by atoms with Crippen molar-refractivity contribution in [3.05, 3.63) is 194 Å². The summed E-state index contributed by atoms with van der Waals surface area (Å²) in [5, 5.41) is 7.85. The SMILES string of the molecule is c1ccc(-c2ccc3c4c(cccc24)-c2ccc(-c4ccc5cc(-c6cccc(-c7ccc8c9c(cccc79)-c7ccccc7-8)c6)ccc5c4)cc2-3)cc1. The second-order valence-electron chi connectivity index (χ2n) is 14.8. The fraction of sp³-hybridized carbons (Fsp3) is 0. The van der Waals surface area contributed by atoms with Crippen LogP contribution in [0.2, 0.25) is 0 Å². The third-order valence-corrected chi connectivity index (χ3v) is 12.0. The minimum absolute atomic E-state index is 1.23. The van der Waals surface area contributed by atoms with Gasteiger partial charge >= 0.3 is 0 Å². The molecule has 0 atom stereocenters. The zero-order chi connectivity index (χ0) is 35.3. The van der Waals surface area contributed by atoms with Crippen molar-refractivity contribution in [2.24, 2.45) is 0 Å². The second-order valence-corrected chi connectivity index (χ2v) is 14.8. The van der Waals surface area contributed by atoms with E-state index in [2.05, 4.69) is 194 Å². The highest BCUT2D eigenvalue weighted by molar-refractivity contribution is 6.20. The number of rotatable bonds is 4. The van der Waals surface area contributed by atoms with Crippen LogP contribution in [0, 0.1) is 0 Å². The Morgan fingerprint density at radius 2 is 0.593 bits per heavy atom. The standard InChI is InChI=1S/C54H32/c1-2-9-33(10-3-1)41-25-28-51-52-32-39(23-24-45(52)49-18-7-15-46(41)54(49)51)38-22-21-36-29-35(19-20-37(36)30-38)34-11-6-12-40(31-34)42-26-27-50-44-14-5-4-13-43(44)48-17-8-16-47(42)53(48)50/h1-32H. The van der Waals surface area contributed by atoms with Gasteiger partial charge in [-0.25, -0.2) is 0 Å². The lowest BCUT2D eigenvalue weighted by atomic mass is 9.92. The Hall–Kier alpha value is -7.02. The monoisotopic (exact) mass is 680 g/mol. The summed E-state index contributed by atoms with van der Waals surface area (Å²) < 4.78 is 0. The van der Waals surface area contributed by atoms with E-state index in [-0.39, 0.29) is 0 Å². The van der Waals surface area contributed by atoms with Crippen LogP contribution in [0.1, 0.15) is 0 Å². The molecule has 0 saturated carbocycles. The average molecular weight is 681 g/mol. The molecule has 248 valence electrons. The summed E-state index contributed by atoms with van der Waals surface area (Å²) in [6.45, 7) is 0. The normalized spacial score (nSPS) is 12.1. The van der Waals surface area contributed by atoms with Crippen LogP contribution in [-0.4, -0.2) is 0 Å². The maximum Gasteiger partial charge on any atom is -0.00201 e. The molecule has 0 spiro atoms. The van der Waals surface area contributed by atoms with Crippen molar-refractivity contribution < 1.29 is 0 Å². The van der Waals surface area contributed by atoms with Crippen LogP contribution in [0.5, 0.6) is 0 Å². The minimum atomic E-state index is 1.23. The van der Waals surface area contributed by atoms with E-state index in [1.807, 2.05) is 0 Å². The molecule has 0 saturated heterocycles. The van der Waals surface area contributed by atoms with Crippen LogP contribution >= 0.6 is 0 Å². The molecular weight excluding hydrogens is 649 g/mol. The number of hydrogen-bond donors (Lipinski definition) is 0. The van der Waals surface area contributed by atoms with E-state index in [9.17, 15) is 0 Å². The molecule has 0 fully saturated rings. The number of fused-ring (bicyclic) bond motifs is 7. The van der Waals surface area contributed by atoms with Gasteiger partial charge in [0.15, 0.2) is 0 Å². The first-order valence-electron chi connectivity index (χ1n) is 18.8. The Morgan fingerprint density at radius 1 is 0.185 bits per heavy atom. The molecule has 54 heavy (non-hydrogen) atoms. The second kappa shape index (κ2) is 11.2. The topological polar surface area (TPSA) is 0 Å². The van der Waals surface area contributed by atoms with Gasteiger partial charge in [-0.3, -0.25) is 0 Å². The van der Waals surface area contributed by atoms with E-state index >= 15 is 0 Å². The Kier molecular flexibility index (Phi) is 6.15. The maximum atomic E-state index is 2.40. The van der Waals surface area contributed by atoms with Crippen molar-refractivity contribution in [2.45, 2.75) is 0 Å². The Labute approximate surface area is 314 Å². The summed E-state index contributed by atoms with van der Waals surface area (Å²) in [5.41, 5.74) is 20.6. The molecule has 0 amide bonds. The fourth-order valence-electron chi connectivity index (χ4n) is 9.44. The average Bonchev–Trinajstić information content (AvgIpc) is 3.75. The van der Waals surface area contributed by atoms with E-state index in [1.165, 1.54) is 121 Å². The van der Waals surface area contributed by atoms with Crippen LogP contribution in [0.15, 0.2) is 194 Å². The van der Waals surface area contributed by atoms with Crippen molar-refractivity contribution >= 4 is 32.3 Å². The zero-order valence-corrected chi connectivity index (χ0v) is 29.5. The van der Waals surface area contributed by atoms with E-state index in [1.54, 1.807) is 0 Å². The maximum absolute atomic E-state index is 2.40. The van der Waals surface area contributed by atoms with E-state index in [4.69, 9.17) is 0 Å². The highest BCUT2D eigenvalue weighted by Crippen LogP contribution is 2.51. The van der Waals surface area contributed by atoms with Gasteiger partial charge in [0, 0.05) is 0 Å². The Balaban J connectivity index is 0.891. The highest BCUT2D eigenvalue weighted by atomic mass is 14.3. The Morgan fingerprint density at radius 3 is 1.26 bits per heavy atom. The highest BCUT2D eigenvalue weighted by Gasteiger charge is 2.24. The van der Waals surface area contributed by atoms with Crippen LogP contribution in [-0.2, 0) is 0 Å². The molecule has 0 heterocycles. The van der Waals surface area contributed by atoms with Crippen molar-refractivity contribution in [3.63, 3.8) is 0 Å². The molecular formula is C54H32. The molecule has 0 heteroatoms. The molecule has 0 nitrogen and oxygen atoms in total. The van der Waals surface area contributed by atoms with Crippen LogP contribution in [0.4, 0.5) is 0 Å². The molecule has 12 rings (SSSR count). The lowest BCUT2D eigenvalue weighted by Crippen LogP contribution is -1.86. The van der Waals surface area contributed by atoms with Gasteiger partial charge in [-0.2, -0.15) is 0 Å². The van der Waals surface area contributed by atoms with Gasteiger partial charge in [0.25, 0.3) is 0 Å². The molecule has 0 unspecified atom stereocenters. The predicted molar refractivity (Wildman–Crippen MR) is 230 cm³/mol. The predicted octanol–water partition coefficient (Wildman–Crippen LogP) is 15.1. The fourth-order valence-corrected chi connectivity index (χ4v) is 9.44. The Bertz CT molecular complexity index is 3170. The van der Waals surface area contributed by atoms with Crippen molar-refractivity contribution in [2.75, 3.05) is 0 Å². The lowest BCUT2D eigenvalue weighted by molar-refractivity contribution is 1.61. The van der Waals surface area contributed by atoms with Gasteiger partial charge in [0.05, 0.1) is 0 Å². The molecule has 2 aliphatic rings. The molecule has 10 aromatic carbocycles. The van der Waals surface area contributed by atoms with Gasteiger partial charge in [-0.15, -0.1) is 0 Å². The first-order valence-corrected chi connectivity index (χ1v) is 18.8. The van der Waals surface area contributed by atoms with Crippen LogP contribution in [0.3, 0.4) is 0 Å². The largest absolute Gasteiger partial charge is 0.0622 e. The van der Waals surface area contributed by atoms with Gasteiger partial charge in [0.1, 0.15) is 0 Å². The molecule has 0 aromatic heterocycles. The first-order chi connectivity index (χ1) is 26.8. The summed E-state index contributed by atoms with van der Waals surface area (Å²) in [5.74, 6) is 0. The van der Waals surface area contributed by atoms with Gasteiger partial charge in [0.2, 0.25) is 0 Å². The van der Waals surface area contributed by atoms with Gasteiger partial charge in [-0.05, 0) is 146 Å². The van der Waals surface area contributed by atoms with Crippen molar-refractivity contribution in [1.29, 1.82) is 0 Å². The number of benzene rings is 10. The van der Waals surface area contributed by atoms with Gasteiger partial charge in [-0.1, -0.05) is 170 Å². The quantitative estimate of drug-likeness (QED) is 0.174. The number of hydrogen-bond acceptors (Lipinski definition) is 0. The third kappa shape index (κ3) is 4.26. The lowest BCUT2D eigenvalue weighted by Gasteiger charge is -2.12. The van der Waals surface area contributed by atoms with E-state index in [0.717, 1.165) is 0 Å².